The molecule has 0 aliphatic carbocycles. The van der Waals surface area contributed by atoms with Crippen LogP contribution in [0.25, 0.3) is 0 Å². The summed E-state index contributed by atoms with van der Waals surface area (Å²) >= 11 is 7.80. The van der Waals surface area contributed by atoms with E-state index in [1.165, 1.54) is 0 Å². The molecule has 2 nitrogen and oxygen atoms in total. The minimum atomic E-state index is 0.0751. The molecule has 1 rings (SSSR count). The largest absolute Gasteiger partial charge is 0.384 e. The molecule has 58 valence electrons. The molecular weight excluding hydrogens is 274 g/mol. The summed E-state index contributed by atoms with van der Waals surface area (Å²) < 4.78 is 0.905. The third-order valence-electron chi connectivity index (χ3n) is 1.22. The number of rotatable bonds is 1. The van der Waals surface area contributed by atoms with Gasteiger partial charge in [-0.3, -0.25) is 5.41 Å². The molecule has 11 heavy (non-hydrogen) atoms. The third-order valence-corrected chi connectivity index (χ3v) is 2.35. The minimum Gasteiger partial charge on any atom is -0.384 e. The molecule has 0 fully saturated rings. The summed E-state index contributed by atoms with van der Waals surface area (Å²) in [4.78, 5) is 0. The fourth-order valence-corrected chi connectivity index (χ4v) is 1.87. The van der Waals surface area contributed by atoms with Crippen LogP contribution < -0.4 is 5.73 Å². The van der Waals surface area contributed by atoms with Crippen molar-refractivity contribution in [1.29, 1.82) is 5.41 Å². The van der Waals surface area contributed by atoms with E-state index in [2.05, 4.69) is 22.6 Å². The Morgan fingerprint density at radius 3 is 2.64 bits per heavy atom. The molecule has 0 aromatic heterocycles. The molecule has 0 bridgehead atoms. The summed E-state index contributed by atoms with van der Waals surface area (Å²) in [7, 11) is 0. The number of nitrogens with one attached hydrogen (secondary N) is 1. The van der Waals surface area contributed by atoms with Crippen LogP contribution in [0.5, 0.6) is 0 Å². The van der Waals surface area contributed by atoms with Gasteiger partial charge in [-0.1, -0.05) is 11.6 Å². The van der Waals surface area contributed by atoms with E-state index in [9.17, 15) is 0 Å². The summed E-state index contributed by atoms with van der Waals surface area (Å²) in [6.07, 6.45) is 0. The zero-order valence-electron chi connectivity index (χ0n) is 5.57. The van der Waals surface area contributed by atoms with Gasteiger partial charge in [-0.25, -0.2) is 0 Å². The van der Waals surface area contributed by atoms with Gasteiger partial charge in [-0.2, -0.15) is 0 Å². The highest BCUT2D eigenvalue weighted by Gasteiger charge is 2.01. The second kappa shape index (κ2) is 3.40. The first-order chi connectivity index (χ1) is 5.11. The van der Waals surface area contributed by atoms with Gasteiger partial charge in [0, 0.05) is 14.2 Å². The van der Waals surface area contributed by atoms with Crippen molar-refractivity contribution in [2.24, 2.45) is 5.73 Å². The van der Waals surface area contributed by atoms with Crippen molar-refractivity contribution < 1.29 is 0 Å². The van der Waals surface area contributed by atoms with Gasteiger partial charge in [-0.15, -0.1) is 0 Å². The van der Waals surface area contributed by atoms with Crippen LogP contribution in [0.4, 0.5) is 0 Å². The second-order valence-corrected chi connectivity index (χ2v) is 3.64. The van der Waals surface area contributed by atoms with Crippen LogP contribution in [0.2, 0.25) is 5.02 Å². The van der Waals surface area contributed by atoms with Gasteiger partial charge < -0.3 is 5.73 Å². The van der Waals surface area contributed by atoms with E-state index >= 15 is 0 Å². The Kier molecular flexibility index (Phi) is 2.72. The molecule has 0 saturated heterocycles. The van der Waals surface area contributed by atoms with Crippen LogP contribution in [0.15, 0.2) is 18.2 Å². The van der Waals surface area contributed by atoms with Crippen LogP contribution >= 0.6 is 34.2 Å². The van der Waals surface area contributed by atoms with Crippen molar-refractivity contribution >= 4 is 40.0 Å². The number of benzene rings is 1. The highest BCUT2D eigenvalue weighted by Crippen LogP contribution is 2.17. The number of amidine groups is 1. The van der Waals surface area contributed by atoms with E-state index < -0.39 is 0 Å². The predicted molar refractivity (Wildman–Crippen MR) is 55.2 cm³/mol. The lowest BCUT2D eigenvalue weighted by Crippen LogP contribution is -2.12. The van der Waals surface area contributed by atoms with Gasteiger partial charge in [0.1, 0.15) is 5.84 Å². The highest BCUT2D eigenvalue weighted by atomic mass is 127. The lowest BCUT2D eigenvalue weighted by atomic mass is 10.2. The quantitative estimate of drug-likeness (QED) is 0.462. The Hall–Kier alpha value is -0.290. The smallest absolute Gasteiger partial charge is 0.123 e. The second-order valence-electron chi connectivity index (χ2n) is 2.04. The van der Waals surface area contributed by atoms with E-state index in [1.54, 1.807) is 18.2 Å². The van der Waals surface area contributed by atoms with Crippen LogP contribution in [0.1, 0.15) is 5.56 Å². The Balaban J connectivity index is 3.20. The Bertz CT molecular complexity index is 298. The van der Waals surface area contributed by atoms with Crippen molar-refractivity contribution in [1.82, 2.24) is 0 Å². The van der Waals surface area contributed by atoms with Gasteiger partial charge in [0.25, 0.3) is 0 Å². The van der Waals surface area contributed by atoms with Gasteiger partial charge in [0.2, 0.25) is 0 Å². The van der Waals surface area contributed by atoms with Gasteiger partial charge in [0.05, 0.1) is 0 Å². The molecule has 3 N–H and O–H groups in total. The van der Waals surface area contributed by atoms with E-state index in [0.717, 1.165) is 9.13 Å². The van der Waals surface area contributed by atoms with Crippen LogP contribution in [-0.2, 0) is 0 Å². The van der Waals surface area contributed by atoms with Gasteiger partial charge in [-0.05, 0) is 40.8 Å². The first kappa shape index (κ1) is 8.80. The number of nitrogen functional groups attached to an aromatic ring is 1. The maximum Gasteiger partial charge on any atom is 0.123 e. The molecule has 0 saturated carbocycles. The highest BCUT2D eigenvalue weighted by molar-refractivity contribution is 14.1. The number of nitrogens with two attached hydrogens (primary N) is 1. The summed E-state index contributed by atoms with van der Waals surface area (Å²) in [5.41, 5.74) is 6.03. The van der Waals surface area contributed by atoms with E-state index in [-0.39, 0.29) is 5.84 Å². The molecule has 0 heterocycles. The van der Waals surface area contributed by atoms with E-state index in [0.29, 0.717) is 5.02 Å². The van der Waals surface area contributed by atoms with E-state index in [1.807, 2.05) is 0 Å². The molecule has 0 aliphatic rings. The topological polar surface area (TPSA) is 49.9 Å². The van der Waals surface area contributed by atoms with Crippen molar-refractivity contribution in [2.45, 2.75) is 0 Å². The molecule has 0 atom stereocenters. The summed E-state index contributed by atoms with van der Waals surface area (Å²) in [6.45, 7) is 0. The lowest BCUT2D eigenvalue weighted by molar-refractivity contribution is 1.41. The van der Waals surface area contributed by atoms with Gasteiger partial charge >= 0.3 is 0 Å². The molecule has 0 unspecified atom stereocenters. The zero-order valence-corrected chi connectivity index (χ0v) is 8.48. The maximum atomic E-state index is 7.18. The standard InChI is InChI=1S/C7H6ClIN2/c8-4-1-2-5(7(10)11)6(9)3-4/h1-3H,(H3,10,11). The van der Waals surface area contributed by atoms with Crippen LogP contribution in [0, 0.1) is 8.98 Å². The van der Waals surface area contributed by atoms with E-state index in [4.69, 9.17) is 22.7 Å². The molecule has 1 aromatic rings. The lowest BCUT2D eigenvalue weighted by Gasteiger charge is -2.00. The van der Waals surface area contributed by atoms with Crippen molar-refractivity contribution in [3.05, 3.63) is 32.4 Å². The number of hydrogen-bond acceptors (Lipinski definition) is 1. The van der Waals surface area contributed by atoms with Crippen molar-refractivity contribution in [3.8, 4) is 0 Å². The monoisotopic (exact) mass is 280 g/mol. The summed E-state index contributed by atoms with van der Waals surface area (Å²) in [6, 6.07) is 5.24. The van der Waals surface area contributed by atoms with Crippen LogP contribution in [-0.4, -0.2) is 5.84 Å². The Labute approximate surface area is 83.4 Å². The fraction of sp³-hybridized carbons (Fsp3) is 0. The maximum absolute atomic E-state index is 7.18. The van der Waals surface area contributed by atoms with Crippen LogP contribution in [0.3, 0.4) is 0 Å². The number of halogens is 2. The Morgan fingerprint density at radius 1 is 1.55 bits per heavy atom. The molecule has 4 heteroatoms. The predicted octanol–water partition coefficient (Wildman–Crippen LogP) is 2.23. The zero-order chi connectivity index (χ0) is 8.43. The average Bonchev–Trinajstić information content (AvgIpc) is 1.85. The third kappa shape index (κ3) is 2.07. The first-order valence-electron chi connectivity index (χ1n) is 2.90. The molecule has 0 radical (unpaired) electrons. The fourth-order valence-electron chi connectivity index (χ4n) is 0.708. The minimum absolute atomic E-state index is 0.0751. The normalized spacial score (nSPS) is 9.64. The van der Waals surface area contributed by atoms with Crippen molar-refractivity contribution in [3.63, 3.8) is 0 Å². The molecule has 0 amide bonds. The Morgan fingerprint density at radius 2 is 2.18 bits per heavy atom. The molecule has 0 aliphatic heterocycles. The number of hydrogen-bond donors (Lipinski definition) is 2. The SMILES string of the molecule is N=C(N)c1ccc(Cl)cc1I. The molecule has 1 aromatic carbocycles. The summed E-state index contributed by atoms with van der Waals surface area (Å²) in [5.74, 6) is 0.0751. The summed E-state index contributed by atoms with van der Waals surface area (Å²) in [5, 5.41) is 7.84. The van der Waals surface area contributed by atoms with Gasteiger partial charge in [0.15, 0.2) is 0 Å². The molecule has 0 spiro atoms. The molecular formula is C7H6ClIN2. The van der Waals surface area contributed by atoms with Crippen molar-refractivity contribution in [2.75, 3.05) is 0 Å². The average molecular weight is 280 g/mol. The first-order valence-corrected chi connectivity index (χ1v) is 4.36.